The first-order valence-electron chi connectivity index (χ1n) is 18.0. The number of benzene rings is 2. The molecule has 272 valence electrons. The monoisotopic (exact) mass is 734 g/mol. The number of carbonyl (C=O) groups excluding carboxylic acids is 2. The number of hydrazine groups is 1. The van der Waals surface area contributed by atoms with E-state index in [1.165, 1.54) is 11.1 Å². The number of aromatic nitrogens is 2. The third-order valence-corrected chi connectivity index (χ3v) is 12.5. The molecular weight excluding hydrogens is 688 g/mol. The van der Waals surface area contributed by atoms with Crippen LogP contribution in [0.15, 0.2) is 67.3 Å². The number of ether oxygens (including phenoxy) is 2. The second-order valence-corrected chi connectivity index (χ2v) is 16.1. The summed E-state index contributed by atoms with van der Waals surface area (Å²) in [5, 5.41) is 0.717. The molecule has 1 aromatic heterocycles. The first-order chi connectivity index (χ1) is 24.8. The maximum Gasteiger partial charge on any atom is 0.427 e. The molecule has 0 spiro atoms. The molecule has 2 fully saturated rings. The van der Waals surface area contributed by atoms with Crippen LogP contribution in [-0.4, -0.2) is 75.7 Å². The second-order valence-electron chi connectivity index (χ2n) is 14.3. The van der Waals surface area contributed by atoms with Crippen molar-refractivity contribution in [3.05, 3.63) is 89.0 Å². The Kier molecular flexibility index (Phi) is 11.0. The molecule has 3 aromatic rings. The van der Waals surface area contributed by atoms with Crippen LogP contribution in [0.5, 0.6) is 5.75 Å². The number of hydrogen-bond donors (Lipinski definition) is 1. The second kappa shape index (κ2) is 15.8. The molecule has 3 amide bonds. The minimum absolute atomic E-state index is 0.0172. The van der Waals surface area contributed by atoms with Gasteiger partial charge in [-0.25, -0.2) is 14.6 Å². The fraction of sp³-hybridized carbons (Fsp3) is 0.500. The number of halogens is 1. The molecule has 51 heavy (non-hydrogen) atoms. The van der Waals surface area contributed by atoms with E-state index in [4.69, 9.17) is 21.1 Å². The molecule has 0 radical (unpaired) electrons. The fourth-order valence-electron chi connectivity index (χ4n) is 7.58. The van der Waals surface area contributed by atoms with Gasteiger partial charge >= 0.3 is 11.9 Å². The van der Waals surface area contributed by atoms with E-state index in [2.05, 4.69) is 39.6 Å². The van der Waals surface area contributed by atoms with Crippen molar-refractivity contribution in [3.63, 3.8) is 0 Å². The summed E-state index contributed by atoms with van der Waals surface area (Å²) in [7, 11) is -0.0761. The van der Waals surface area contributed by atoms with Crippen LogP contribution in [0.2, 0.25) is 5.02 Å². The Morgan fingerprint density at radius 1 is 1.12 bits per heavy atom. The molecule has 2 aromatic carbocycles. The van der Waals surface area contributed by atoms with Gasteiger partial charge < -0.3 is 28.0 Å². The SMILES string of the molecule is CO[C@H]1/C=C/C[C@H](C)C/[S-](=O)=[N+](\NC(=O)N2CC(n3ccnc3)C2)C(=O)c2ccc3c(c2)N(Cc2ccc(Cl)cc2CCCCO3)C[C@@H]2CC[C@H]21. The van der Waals surface area contributed by atoms with Gasteiger partial charge in [0.2, 0.25) is 0 Å². The molecule has 13 heteroatoms. The van der Waals surface area contributed by atoms with Crippen molar-refractivity contribution in [2.24, 2.45) is 17.8 Å². The van der Waals surface area contributed by atoms with Crippen molar-refractivity contribution in [2.75, 3.05) is 44.0 Å². The number of nitrogens with one attached hydrogen (secondary N) is 1. The van der Waals surface area contributed by atoms with Gasteiger partial charge in [0.25, 0.3) is 0 Å². The lowest BCUT2D eigenvalue weighted by molar-refractivity contribution is -0.454. The lowest BCUT2D eigenvalue weighted by Gasteiger charge is -2.43. The smallest absolute Gasteiger partial charge is 0.427 e. The summed E-state index contributed by atoms with van der Waals surface area (Å²) < 4.78 is 29.5. The molecule has 1 saturated carbocycles. The van der Waals surface area contributed by atoms with Gasteiger partial charge in [0.15, 0.2) is 0 Å². The van der Waals surface area contributed by atoms with Gasteiger partial charge in [-0.3, -0.25) is 0 Å². The number of urea groups is 1. The topological polar surface area (TPSA) is 109 Å². The Bertz CT molecular complexity index is 1850. The van der Waals surface area contributed by atoms with Gasteiger partial charge in [-0.2, -0.15) is 0 Å². The Hall–Kier alpha value is -3.87. The van der Waals surface area contributed by atoms with E-state index in [0.717, 1.165) is 53.4 Å². The Balaban J connectivity index is 1.27. The van der Waals surface area contributed by atoms with Crippen molar-refractivity contribution < 1.29 is 27.3 Å². The number of fused-ring (bicyclic) bond motifs is 3. The number of anilines is 1. The average molecular weight is 735 g/mol. The molecule has 4 aliphatic rings. The summed E-state index contributed by atoms with van der Waals surface area (Å²) in [5.74, 6) is 1.05. The van der Waals surface area contributed by atoms with E-state index in [1.54, 1.807) is 30.6 Å². The van der Waals surface area contributed by atoms with E-state index >= 15 is 0 Å². The van der Waals surface area contributed by atoms with Gasteiger partial charge in [0, 0.05) is 61.3 Å². The largest absolute Gasteiger partial charge is 0.491 e. The molecule has 4 heterocycles. The third kappa shape index (κ3) is 7.98. The van der Waals surface area contributed by atoms with Crippen molar-refractivity contribution >= 4 is 39.8 Å². The number of hydrogen-bond acceptors (Lipinski definition) is 8. The van der Waals surface area contributed by atoms with Crippen LogP contribution < -0.4 is 15.1 Å². The first kappa shape index (κ1) is 35.5. The van der Waals surface area contributed by atoms with Crippen molar-refractivity contribution in [2.45, 2.75) is 64.1 Å². The molecule has 11 nitrogen and oxygen atoms in total. The number of amides is 3. The highest BCUT2D eigenvalue weighted by molar-refractivity contribution is 7.72. The number of methoxy groups -OCH3 is 1. The number of allylic oxidation sites excluding steroid dienone is 1. The zero-order valence-electron chi connectivity index (χ0n) is 29.3. The fourth-order valence-corrected chi connectivity index (χ4v) is 9.02. The molecule has 7 rings (SSSR count). The van der Waals surface area contributed by atoms with Gasteiger partial charge in [0.1, 0.15) is 5.75 Å². The minimum atomic E-state index is -1.85. The number of likely N-dealkylation sites (tertiary alicyclic amines) is 1. The molecule has 3 aliphatic heterocycles. The quantitative estimate of drug-likeness (QED) is 0.189. The number of rotatable bonds is 3. The highest BCUT2D eigenvalue weighted by Gasteiger charge is 2.38. The standard InChI is InChI=1S/C38H47ClN6O5S/c1-26-6-5-8-35(49-2)33-13-10-30(33)21-43-20-29-9-12-31(39)18-27(29)7-3-4-17-50-36-14-11-28(19-34(36)43)37(46)45(51(48)24-26)41-38(47)44-22-32(23-44)42-16-15-40-25-42/h5,8-9,11-12,14-16,18-19,25-26,30,32-33,35H,3-4,6-7,10,13,17,20-24H2,1-2H3,(H,41,47)/b8-5+/t26-,30-,33+,35-/m0/s1. The van der Waals surface area contributed by atoms with E-state index in [1.807, 2.05) is 35.9 Å². The summed E-state index contributed by atoms with van der Waals surface area (Å²) in [6.07, 6.45) is 15.1. The summed E-state index contributed by atoms with van der Waals surface area (Å²) in [6.45, 7) is 4.80. The highest BCUT2D eigenvalue weighted by atomic mass is 35.5. The summed E-state index contributed by atoms with van der Waals surface area (Å²) in [6, 6.07) is 11.1. The maximum absolute atomic E-state index is 14.4. The normalized spacial score (nSPS) is 27.5. The number of aryl methyl sites for hydroxylation is 1. The van der Waals surface area contributed by atoms with Crippen molar-refractivity contribution in [1.29, 1.82) is 0 Å². The molecule has 1 saturated heterocycles. The van der Waals surface area contributed by atoms with Gasteiger partial charge in [-0.1, -0.05) is 42.7 Å². The predicted octanol–water partition coefficient (Wildman–Crippen LogP) is 6.38. The van der Waals surface area contributed by atoms with E-state index in [0.29, 0.717) is 55.8 Å². The van der Waals surface area contributed by atoms with Gasteiger partial charge in [0.05, 0.1) is 36.3 Å². The minimum Gasteiger partial charge on any atom is -0.491 e. The third-order valence-electron chi connectivity index (χ3n) is 10.8. The number of imidazole rings is 1. The summed E-state index contributed by atoms with van der Waals surface area (Å²) >= 11 is 6.48. The van der Waals surface area contributed by atoms with Gasteiger partial charge in [-0.05, 0) is 97.6 Å². The lowest BCUT2D eigenvalue weighted by Crippen LogP contribution is -2.56. The van der Waals surface area contributed by atoms with Crippen LogP contribution in [0.4, 0.5) is 10.5 Å². The molecule has 0 unspecified atom stereocenters. The van der Waals surface area contributed by atoms with Gasteiger partial charge in [-0.15, -0.1) is 9.48 Å². The molecule has 4 atom stereocenters. The average Bonchev–Trinajstić information content (AvgIpc) is 3.60. The van der Waals surface area contributed by atoms with E-state index < -0.39 is 22.5 Å². The number of carbonyl (C=O) groups is 2. The zero-order valence-corrected chi connectivity index (χ0v) is 30.9. The molecular formula is C38H47ClN6O5S. The Morgan fingerprint density at radius 3 is 2.75 bits per heavy atom. The predicted molar refractivity (Wildman–Crippen MR) is 196 cm³/mol. The van der Waals surface area contributed by atoms with E-state index in [-0.39, 0.29) is 23.8 Å². The Morgan fingerprint density at radius 2 is 1.98 bits per heavy atom. The molecule has 2 bridgehead atoms. The van der Waals surface area contributed by atoms with Crippen molar-refractivity contribution in [3.8, 4) is 5.75 Å². The number of nitrogens with zero attached hydrogens (tertiary/aromatic N) is 5. The Labute approximate surface area is 306 Å². The van der Waals surface area contributed by atoms with Crippen LogP contribution in [0.25, 0.3) is 0 Å². The van der Waals surface area contributed by atoms with Crippen LogP contribution >= 0.6 is 11.6 Å². The lowest BCUT2D eigenvalue weighted by atomic mass is 9.70. The van der Waals surface area contributed by atoms with Crippen LogP contribution in [0, 0.1) is 17.8 Å². The first-order valence-corrected chi connectivity index (χ1v) is 19.7. The summed E-state index contributed by atoms with van der Waals surface area (Å²) in [4.78, 5) is 35.9. The summed E-state index contributed by atoms with van der Waals surface area (Å²) in [5.41, 5.74) is 6.24. The van der Waals surface area contributed by atoms with Crippen LogP contribution in [-0.2, 0) is 32.5 Å². The van der Waals surface area contributed by atoms with Crippen LogP contribution in [0.3, 0.4) is 0 Å². The van der Waals surface area contributed by atoms with Crippen molar-refractivity contribution in [1.82, 2.24) is 19.9 Å². The molecule has 1 aliphatic carbocycles. The highest BCUT2D eigenvalue weighted by Crippen LogP contribution is 2.42. The zero-order chi connectivity index (χ0) is 35.5. The van der Waals surface area contributed by atoms with E-state index in [9.17, 15) is 13.8 Å². The van der Waals surface area contributed by atoms with Crippen LogP contribution in [0.1, 0.15) is 66.6 Å². The molecule has 1 N–H and O–H groups in total. The maximum atomic E-state index is 14.4.